The number of carbonyl (C=O) groups is 2. The molecule has 2 amide bonds. The highest BCUT2D eigenvalue weighted by Gasteiger charge is 2.21. The summed E-state index contributed by atoms with van der Waals surface area (Å²) in [7, 11) is 0. The number of nitrogens with one attached hydrogen (secondary N) is 2. The second-order valence-electron chi connectivity index (χ2n) is 7.52. The number of carbonyl (C=O) groups excluding carboxylic acids is 2. The molecule has 0 aliphatic carbocycles. The van der Waals surface area contributed by atoms with Gasteiger partial charge in [0.2, 0.25) is 0 Å². The second kappa shape index (κ2) is 11.6. The van der Waals surface area contributed by atoms with Crippen LogP contribution >= 0.6 is 23.6 Å². The molecule has 0 aliphatic heterocycles. The number of benzene rings is 2. The summed E-state index contributed by atoms with van der Waals surface area (Å²) >= 11 is 6.73. The van der Waals surface area contributed by atoms with Gasteiger partial charge in [-0.25, -0.2) is 0 Å². The number of hydrogen-bond donors (Lipinski definition) is 3. The van der Waals surface area contributed by atoms with Crippen molar-refractivity contribution in [3.63, 3.8) is 0 Å². The maximum atomic E-state index is 12.6. The van der Waals surface area contributed by atoms with Gasteiger partial charge in [0.25, 0.3) is 11.8 Å². The molecule has 3 aromatic rings. The zero-order chi connectivity index (χ0) is 23.8. The molecule has 172 valence electrons. The SMILES string of the molecule is CCCCOc1ccc(C(=O)NC(=S)Nc2sc(Cc3ccccc3)c(C)c2C(N)=O)cc1. The minimum atomic E-state index is -0.543. The summed E-state index contributed by atoms with van der Waals surface area (Å²) in [5.74, 6) is -0.184. The van der Waals surface area contributed by atoms with Gasteiger partial charge in [0, 0.05) is 16.9 Å². The van der Waals surface area contributed by atoms with E-state index in [1.165, 1.54) is 11.3 Å². The Morgan fingerprint density at radius 1 is 1.09 bits per heavy atom. The third-order valence-electron chi connectivity index (χ3n) is 5.04. The van der Waals surface area contributed by atoms with E-state index in [0.29, 0.717) is 34.9 Å². The van der Waals surface area contributed by atoms with E-state index in [9.17, 15) is 9.59 Å². The number of unbranched alkanes of at least 4 members (excludes halogenated alkanes) is 1. The number of hydrogen-bond acceptors (Lipinski definition) is 5. The van der Waals surface area contributed by atoms with Crippen molar-refractivity contribution < 1.29 is 14.3 Å². The molecule has 6 nitrogen and oxygen atoms in total. The van der Waals surface area contributed by atoms with Crippen LogP contribution in [-0.2, 0) is 6.42 Å². The van der Waals surface area contributed by atoms with Crippen molar-refractivity contribution in [1.82, 2.24) is 5.32 Å². The minimum absolute atomic E-state index is 0.0956. The van der Waals surface area contributed by atoms with Gasteiger partial charge < -0.3 is 15.8 Å². The van der Waals surface area contributed by atoms with Crippen LogP contribution in [0.15, 0.2) is 54.6 Å². The molecule has 0 saturated heterocycles. The van der Waals surface area contributed by atoms with Crippen molar-refractivity contribution in [1.29, 1.82) is 0 Å². The number of anilines is 1. The van der Waals surface area contributed by atoms with Crippen molar-refractivity contribution in [2.24, 2.45) is 5.73 Å². The summed E-state index contributed by atoms with van der Waals surface area (Å²) in [6, 6.07) is 16.8. The van der Waals surface area contributed by atoms with Gasteiger partial charge in [0.15, 0.2) is 5.11 Å². The van der Waals surface area contributed by atoms with Crippen LogP contribution in [0.2, 0.25) is 0 Å². The number of primary amides is 1. The summed E-state index contributed by atoms with van der Waals surface area (Å²) in [5, 5.41) is 6.25. The zero-order valence-electron chi connectivity index (χ0n) is 18.6. The predicted molar refractivity (Wildman–Crippen MR) is 137 cm³/mol. The summed E-state index contributed by atoms with van der Waals surface area (Å²) in [6.45, 7) is 4.61. The molecule has 33 heavy (non-hydrogen) atoms. The quantitative estimate of drug-likeness (QED) is 0.294. The first-order valence-corrected chi connectivity index (χ1v) is 11.9. The predicted octanol–water partition coefficient (Wildman–Crippen LogP) is 5.05. The summed E-state index contributed by atoms with van der Waals surface area (Å²) < 4.78 is 5.62. The molecule has 0 spiro atoms. The van der Waals surface area contributed by atoms with Gasteiger partial charge >= 0.3 is 0 Å². The first-order valence-electron chi connectivity index (χ1n) is 10.7. The molecule has 0 atom stereocenters. The van der Waals surface area contributed by atoms with E-state index >= 15 is 0 Å². The molecule has 0 saturated carbocycles. The van der Waals surface area contributed by atoms with E-state index in [-0.39, 0.29) is 11.0 Å². The van der Waals surface area contributed by atoms with Crippen molar-refractivity contribution in [2.45, 2.75) is 33.1 Å². The first kappa shape index (κ1) is 24.4. The lowest BCUT2D eigenvalue weighted by molar-refractivity contribution is 0.0975. The molecular formula is C25H27N3O3S2. The molecule has 3 rings (SSSR count). The van der Waals surface area contributed by atoms with E-state index in [1.807, 2.05) is 37.3 Å². The third-order valence-corrected chi connectivity index (χ3v) is 6.45. The minimum Gasteiger partial charge on any atom is -0.494 e. The zero-order valence-corrected chi connectivity index (χ0v) is 20.3. The highest BCUT2D eigenvalue weighted by molar-refractivity contribution is 7.80. The fraction of sp³-hybridized carbons (Fsp3) is 0.240. The maximum Gasteiger partial charge on any atom is 0.257 e. The number of rotatable bonds is 9. The number of amides is 2. The largest absolute Gasteiger partial charge is 0.494 e. The van der Waals surface area contributed by atoms with Crippen LogP contribution in [0.25, 0.3) is 0 Å². The average Bonchev–Trinajstić information content (AvgIpc) is 3.09. The van der Waals surface area contributed by atoms with E-state index in [2.05, 4.69) is 17.6 Å². The summed E-state index contributed by atoms with van der Waals surface area (Å²) in [6.07, 6.45) is 2.70. The molecular weight excluding hydrogens is 454 g/mol. The van der Waals surface area contributed by atoms with E-state index in [1.54, 1.807) is 24.3 Å². The monoisotopic (exact) mass is 481 g/mol. The van der Waals surface area contributed by atoms with Crippen molar-refractivity contribution in [2.75, 3.05) is 11.9 Å². The average molecular weight is 482 g/mol. The molecule has 0 aliphatic rings. The lowest BCUT2D eigenvalue weighted by atomic mass is 10.1. The lowest BCUT2D eigenvalue weighted by Crippen LogP contribution is -2.34. The van der Waals surface area contributed by atoms with Crippen molar-refractivity contribution in [3.8, 4) is 5.75 Å². The molecule has 0 bridgehead atoms. The van der Waals surface area contributed by atoms with Gasteiger partial charge in [-0.15, -0.1) is 11.3 Å². The maximum absolute atomic E-state index is 12.6. The Morgan fingerprint density at radius 3 is 2.42 bits per heavy atom. The van der Waals surface area contributed by atoms with Crippen LogP contribution in [0.1, 0.15) is 56.5 Å². The molecule has 0 fully saturated rings. The van der Waals surface area contributed by atoms with Gasteiger partial charge in [-0.2, -0.15) is 0 Å². The first-order chi connectivity index (χ1) is 15.9. The molecule has 4 N–H and O–H groups in total. The fourth-order valence-electron chi connectivity index (χ4n) is 3.24. The molecule has 1 heterocycles. The highest BCUT2D eigenvalue weighted by Crippen LogP contribution is 2.34. The summed E-state index contributed by atoms with van der Waals surface area (Å²) in [4.78, 5) is 25.7. The van der Waals surface area contributed by atoms with Gasteiger partial charge in [0.1, 0.15) is 10.8 Å². The molecule has 0 unspecified atom stereocenters. The molecule has 8 heteroatoms. The molecule has 0 radical (unpaired) electrons. The Kier molecular flexibility index (Phi) is 8.57. The Balaban J connectivity index is 1.67. The molecule has 2 aromatic carbocycles. The van der Waals surface area contributed by atoms with Gasteiger partial charge in [-0.1, -0.05) is 43.7 Å². The smallest absolute Gasteiger partial charge is 0.257 e. The van der Waals surface area contributed by atoms with Crippen LogP contribution in [-0.4, -0.2) is 23.5 Å². The van der Waals surface area contributed by atoms with Crippen LogP contribution in [0.3, 0.4) is 0 Å². The fourth-order valence-corrected chi connectivity index (χ4v) is 4.75. The van der Waals surface area contributed by atoms with Crippen LogP contribution < -0.4 is 21.1 Å². The number of nitrogens with two attached hydrogens (primary N) is 1. The van der Waals surface area contributed by atoms with Crippen LogP contribution in [0.4, 0.5) is 5.00 Å². The van der Waals surface area contributed by atoms with Crippen LogP contribution in [0, 0.1) is 6.92 Å². The Labute approximate surface area is 203 Å². The van der Waals surface area contributed by atoms with Crippen molar-refractivity contribution >= 4 is 45.5 Å². The third kappa shape index (κ3) is 6.63. The van der Waals surface area contributed by atoms with E-state index < -0.39 is 5.91 Å². The topological polar surface area (TPSA) is 93.4 Å². The Bertz CT molecular complexity index is 1130. The standard InChI is InChI=1S/C25H27N3O3S2/c1-3-4-14-31-19-12-10-18(11-13-19)23(30)27-25(32)28-24-21(22(26)29)16(2)20(33-24)15-17-8-6-5-7-9-17/h5-13H,3-4,14-15H2,1-2H3,(H2,26,29)(H2,27,28,30,32). The summed E-state index contributed by atoms with van der Waals surface area (Å²) in [5.41, 5.74) is 8.41. The molecule has 1 aromatic heterocycles. The lowest BCUT2D eigenvalue weighted by Gasteiger charge is -2.10. The second-order valence-corrected chi connectivity index (χ2v) is 9.03. The van der Waals surface area contributed by atoms with Gasteiger partial charge in [0.05, 0.1) is 12.2 Å². The van der Waals surface area contributed by atoms with E-state index in [0.717, 1.165) is 28.8 Å². The normalized spacial score (nSPS) is 10.5. The number of ether oxygens (including phenoxy) is 1. The van der Waals surface area contributed by atoms with Crippen LogP contribution in [0.5, 0.6) is 5.75 Å². The highest BCUT2D eigenvalue weighted by atomic mass is 32.1. The number of thiocarbonyl (C=S) groups is 1. The number of thiophene rings is 1. The van der Waals surface area contributed by atoms with Crippen molar-refractivity contribution in [3.05, 3.63) is 81.7 Å². The Hall–Kier alpha value is -3.23. The Morgan fingerprint density at radius 2 is 1.79 bits per heavy atom. The van der Waals surface area contributed by atoms with Gasteiger partial charge in [-0.3, -0.25) is 14.9 Å². The van der Waals surface area contributed by atoms with E-state index in [4.69, 9.17) is 22.7 Å². The van der Waals surface area contributed by atoms with Gasteiger partial charge in [-0.05, 0) is 61.0 Å².